The molecule has 1 aromatic heterocycles. The molecule has 0 N–H and O–H groups in total. The van der Waals surface area contributed by atoms with Crippen molar-refractivity contribution in [2.45, 2.75) is 13.0 Å². The molecule has 4 rings (SSSR count). The van der Waals surface area contributed by atoms with Crippen LogP contribution in [0.15, 0.2) is 65.5 Å². The van der Waals surface area contributed by atoms with Crippen molar-refractivity contribution in [3.63, 3.8) is 0 Å². The van der Waals surface area contributed by atoms with Crippen LogP contribution < -0.4 is 10.3 Å². The predicted octanol–water partition coefficient (Wildman–Crippen LogP) is 2.89. The first-order chi connectivity index (χ1) is 11.3. The summed E-state index contributed by atoms with van der Waals surface area (Å²) >= 11 is 0. The van der Waals surface area contributed by atoms with E-state index in [-0.39, 0.29) is 5.56 Å². The van der Waals surface area contributed by atoms with Gasteiger partial charge in [0, 0.05) is 18.1 Å². The molecule has 0 aliphatic carbocycles. The molecule has 0 unspecified atom stereocenters. The topological polar surface area (TPSA) is 44.1 Å². The van der Waals surface area contributed by atoms with Gasteiger partial charge < -0.3 is 4.74 Å². The van der Waals surface area contributed by atoms with Crippen molar-refractivity contribution in [2.24, 2.45) is 0 Å². The fourth-order valence-corrected chi connectivity index (χ4v) is 2.82. The smallest absolute Gasteiger partial charge is 0.267 e. The van der Waals surface area contributed by atoms with Crippen molar-refractivity contribution in [1.29, 1.82) is 0 Å². The zero-order chi connectivity index (χ0) is 15.6. The lowest BCUT2D eigenvalue weighted by Gasteiger charge is -2.08. The van der Waals surface area contributed by atoms with E-state index in [2.05, 4.69) is 11.2 Å². The van der Waals surface area contributed by atoms with Gasteiger partial charge in [-0.05, 0) is 35.4 Å². The Morgan fingerprint density at radius 3 is 2.78 bits per heavy atom. The van der Waals surface area contributed by atoms with Crippen molar-refractivity contribution in [3.05, 3.63) is 82.1 Å². The SMILES string of the molecule is O=c1ccc(-c2ccc3c(c2)CCO3)nn1Cc1ccccc1. The van der Waals surface area contributed by atoms with Crippen LogP contribution in [-0.4, -0.2) is 16.4 Å². The van der Waals surface area contributed by atoms with Crippen LogP contribution >= 0.6 is 0 Å². The molecule has 1 aliphatic heterocycles. The largest absolute Gasteiger partial charge is 0.493 e. The monoisotopic (exact) mass is 304 g/mol. The first kappa shape index (κ1) is 13.8. The molecule has 0 saturated heterocycles. The van der Waals surface area contributed by atoms with Crippen LogP contribution in [0.1, 0.15) is 11.1 Å². The van der Waals surface area contributed by atoms with Crippen LogP contribution in [-0.2, 0) is 13.0 Å². The average molecular weight is 304 g/mol. The van der Waals surface area contributed by atoms with Gasteiger partial charge in [0.15, 0.2) is 0 Å². The molecule has 3 aromatic rings. The summed E-state index contributed by atoms with van der Waals surface area (Å²) in [6.45, 7) is 1.21. The second-order valence-corrected chi connectivity index (χ2v) is 5.62. The Bertz CT molecular complexity index is 901. The standard InChI is InChI=1S/C19H16N2O2/c22-19-9-7-17(15-6-8-18-16(12-15)10-11-23-18)20-21(19)13-14-4-2-1-3-5-14/h1-9,12H,10-11,13H2. The van der Waals surface area contributed by atoms with E-state index in [9.17, 15) is 4.79 Å². The summed E-state index contributed by atoms with van der Waals surface area (Å²) in [5, 5.41) is 4.53. The Hall–Kier alpha value is -2.88. The second-order valence-electron chi connectivity index (χ2n) is 5.62. The van der Waals surface area contributed by atoms with Crippen molar-refractivity contribution in [1.82, 2.24) is 9.78 Å². The van der Waals surface area contributed by atoms with Crippen molar-refractivity contribution >= 4 is 0 Å². The van der Waals surface area contributed by atoms with E-state index < -0.39 is 0 Å². The third-order valence-electron chi connectivity index (χ3n) is 4.03. The number of benzene rings is 2. The number of hydrogen-bond acceptors (Lipinski definition) is 3. The van der Waals surface area contributed by atoms with E-state index in [0.29, 0.717) is 6.54 Å². The summed E-state index contributed by atoms with van der Waals surface area (Å²) in [5.74, 6) is 0.950. The molecule has 114 valence electrons. The van der Waals surface area contributed by atoms with E-state index in [1.165, 1.54) is 10.2 Å². The number of nitrogens with zero attached hydrogens (tertiary/aromatic N) is 2. The number of hydrogen-bond donors (Lipinski definition) is 0. The Kier molecular flexibility index (Phi) is 3.42. The highest BCUT2D eigenvalue weighted by Gasteiger charge is 2.13. The molecule has 4 nitrogen and oxygen atoms in total. The molecular weight excluding hydrogens is 288 g/mol. The molecule has 23 heavy (non-hydrogen) atoms. The van der Waals surface area contributed by atoms with Crippen molar-refractivity contribution in [2.75, 3.05) is 6.61 Å². The summed E-state index contributed by atoms with van der Waals surface area (Å²) in [7, 11) is 0. The van der Waals surface area contributed by atoms with Gasteiger partial charge >= 0.3 is 0 Å². The zero-order valence-corrected chi connectivity index (χ0v) is 12.6. The molecule has 4 heteroatoms. The van der Waals surface area contributed by atoms with E-state index >= 15 is 0 Å². The maximum absolute atomic E-state index is 12.1. The number of rotatable bonds is 3. The van der Waals surface area contributed by atoms with E-state index in [1.807, 2.05) is 42.5 Å². The summed E-state index contributed by atoms with van der Waals surface area (Å²) in [4.78, 5) is 12.1. The van der Waals surface area contributed by atoms with Crippen LogP contribution in [0.5, 0.6) is 5.75 Å². The molecule has 1 aliphatic rings. The number of ether oxygens (including phenoxy) is 1. The van der Waals surface area contributed by atoms with E-state index in [4.69, 9.17) is 4.74 Å². The van der Waals surface area contributed by atoms with Gasteiger partial charge in [-0.1, -0.05) is 30.3 Å². The fourth-order valence-electron chi connectivity index (χ4n) is 2.82. The first-order valence-corrected chi connectivity index (χ1v) is 7.68. The molecule has 2 aromatic carbocycles. The Balaban J connectivity index is 1.70. The van der Waals surface area contributed by atoms with Crippen LogP contribution in [0.3, 0.4) is 0 Å². The lowest BCUT2D eigenvalue weighted by atomic mass is 10.1. The highest BCUT2D eigenvalue weighted by molar-refractivity contribution is 5.62. The Morgan fingerprint density at radius 2 is 1.91 bits per heavy atom. The van der Waals surface area contributed by atoms with Crippen LogP contribution in [0.2, 0.25) is 0 Å². The Morgan fingerprint density at radius 1 is 1.04 bits per heavy atom. The third kappa shape index (κ3) is 2.75. The molecule has 0 radical (unpaired) electrons. The van der Waals surface area contributed by atoms with Gasteiger partial charge in [0.05, 0.1) is 18.8 Å². The van der Waals surface area contributed by atoms with Gasteiger partial charge in [-0.25, -0.2) is 4.68 Å². The summed E-state index contributed by atoms with van der Waals surface area (Å²) < 4.78 is 7.04. The van der Waals surface area contributed by atoms with Crippen molar-refractivity contribution < 1.29 is 4.74 Å². The summed E-state index contributed by atoms with van der Waals surface area (Å²) in [6, 6.07) is 19.3. The van der Waals surface area contributed by atoms with Crippen molar-refractivity contribution in [3.8, 4) is 17.0 Å². The highest BCUT2D eigenvalue weighted by Crippen LogP contribution is 2.29. The van der Waals surface area contributed by atoms with Gasteiger partial charge in [0.1, 0.15) is 5.75 Å². The second kappa shape index (κ2) is 5.72. The number of fused-ring (bicyclic) bond motifs is 1. The molecule has 2 heterocycles. The van der Waals surface area contributed by atoms with Gasteiger partial charge in [-0.15, -0.1) is 0 Å². The molecule has 0 atom stereocenters. The summed E-state index contributed by atoms with van der Waals surface area (Å²) in [6.07, 6.45) is 0.923. The van der Waals surface area contributed by atoms with Gasteiger partial charge in [-0.3, -0.25) is 4.79 Å². The highest BCUT2D eigenvalue weighted by atomic mass is 16.5. The maximum Gasteiger partial charge on any atom is 0.267 e. The maximum atomic E-state index is 12.1. The van der Waals surface area contributed by atoms with Crippen LogP contribution in [0.25, 0.3) is 11.3 Å². The summed E-state index contributed by atoms with van der Waals surface area (Å²) in [5.41, 5.74) is 3.97. The minimum Gasteiger partial charge on any atom is -0.493 e. The Labute approximate surface area is 134 Å². The first-order valence-electron chi connectivity index (χ1n) is 7.68. The number of aromatic nitrogens is 2. The minimum absolute atomic E-state index is 0.0953. The normalized spacial score (nSPS) is 12.7. The van der Waals surface area contributed by atoms with Gasteiger partial charge in [0.25, 0.3) is 5.56 Å². The van der Waals surface area contributed by atoms with Crippen LogP contribution in [0.4, 0.5) is 0 Å². The fraction of sp³-hybridized carbons (Fsp3) is 0.158. The molecular formula is C19H16N2O2. The van der Waals surface area contributed by atoms with Crippen LogP contribution in [0, 0.1) is 0 Å². The van der Waals surface area contributed by atoms with E-state index in [1.54, 1.807) is 12.1 Å². The zero-order valence-electron chi connectivity index (χ0n) is 12.6. The van der Waals surface area contributed by atoms with Gasteiger partial charge in [0.2, 0.25) is 0 Å². The molecule has 0 amide bonds. The molecule has 0 bridgehead atoms. The lowest BCUT2D eigenvalue weighted by molar-refractivity contribution is 0.357. The average Bonchev–Trinajstić information content (AvgIpc) is 3.05. The van der Waals surface area contributed by atoms with E-state index in [0.717, 1.165) is 35.6 Å². The molecule has 0 saturated carbocycles. The predicted molar refractivity (Wildman–Crippen MR) is 88.7 cm³/mol. The molecule has 0 spiro atoms. The third-order valence-corrected chi connectivity index (χ3v) is 4.03. The quantitative estimate of drug-likeness (QED) is 0.747. The minimum atomic E-state index is -0.0953. The lowest BCUT2D eigenvalue weighted by Crippen LogP contribution is -2.22. The van der Waals surface area contributed by atoms with Gasteiger partial charge in [-0.2, -0.15) is 5.10 Å². The molecule has 0 fully saturated rings.